The van der Waals surface area contributed by atoms with Crippen molar-refractivity contribution in [3.8, 4) is 0 Å². The number of carbonyl (C=O) groups is 2. The van der Waals surface area contributed by atoms with Gasteiger partial charge in [0.15, 0.2) is 0 Å². The molecule has 4 nitrogen and oxygen atoms in total. The normalized spacial score (nSPS) is 10.8. The summed E-state index contributed by atoms with van der Waals surface area (Å²) < 4.78 is 0. The van der Waals surface area contributed by atoms with Crippen molar-refractivity contribution in [1.82, 2.24) is 0 Å². The molecule has 4 heteroatoms. The Labute approximate surface area is 116 Å². The second-order valence-corrected chi connectivity index (χ2v) is 4.55. The average Bonchev–Trinajstić information content (AvgIpc) is 2.54. The molecule has 0 spiro atoms. The van der Waals surface area contributed by atoms with E-state index in [1.54, 1.807) is 60.7 Å². The van der Waals surface area contributed by atoms with Crippen LogP contribution in [0.4, 0.5) is 0 Å². The maximum atomic E-state index is 12.4. The zero-order chi connectivity index (χ0) is 14.6. The van der Waals surface area contributed by atoms with Gasteiger partial charge in [0.1, 0.15) is 0 Å². The average molecular weight is 267 g/mol. The molecule has 0 aromatic heterocycles. The number of benzene rings is 2. The molecule has 0 amide bonds. The third-order valence-electron chi connectivity index (χ3n) is 3.14. The van der Waals surface area contributed by atoms with Crippen LogP contribution in [0.2, 0.25) is 0 Å². The largest absolute Gasteiger partial charge is 0.291 e. The molecule has 2 aromatic carbocycles. The first-order chi connectivity index (χ1) is 9.59. The fourth-order valence-corrected chi connectivity index (χ4v) is 1.93. The highest BCUT2D eigenvalue weighted by atomic mass is 16.3. The Bertz CT molecular complexity index is 584. The summed E-state index contributed by atoms with van der Waals surface area (Å²) in [5.41, 5.74) is -1.36. The summed E-state index contributed by atoms with van der Waals surface area (Å²) in [6.45, 7) is 1.25. The second-order valence-electron chi connectivity index (χ2n) is 4.55. The summed E-state index contributed by atoms with van der Waals surface area (Å²) in [5, 5.41) is 2.82. The highest BCUT2D eigenvalue weighted by Crippen LogP contribution is 2.23. The Morgan fingerprint density at radius 2 is 1.15 bits per heavy atom. The van der Waals surface area contributed by atoms with Crippen LogP contribution in [0.3, 0.4) is 0 Å². The van der Waals surface area contributed by atoms with Gasteiger partial charge in [0.05, 0.1) is 0 Å². The number of hydrogen-bond donors (Lipinski definition) is 0. The molecular formula is C16H13NO3. The van der Waals surface area contributed by atoms with E-state index in [-0.39, 0.29) is 0 Å². The van der Waals surface area contributed by atoms with Gasteiger partial charge < -0.3 is 0 Å². The molecule has 0 radical (unpaired) electrons. The lowest BCUT2D eigenvalue weighted by molar-refractivity contribution is 0.0785. The Kier molecular flexibility index (Phi) is 3.84. The smallest absolute Gasteiger partial charge is 0.224 e. The third kappa shape index (κ3) is 2.40. The van der Waals surface area contributed by atoms with Crippen LogP contribution in [0.1, 0.15) is 27.6 Å². The Balaban J connectivity index is 2.42. The molecule has 0 bridgehead atoms. The number of ketones is 2. The Morgan fingerprint density at radius 3 is 1.45 bits per heavy atom. The summed E-state index contributed by atoms with van der Waals surface area (Å²) in [4.78, 5) is 36.0. The SMILES string of the molecule is CC(N=O)(C(=O)c1ccccc1)C(=O)c1ccccc1. The number of carbonyl (C=O) groups excluding carboxylic acids is 2. The molecule has 0 aliphatic carbocycles. The predicted octanol–water partition coefficient (Wildman–Crippen LogP) is 3.28. The number of nitroso groups, excluding NO2 is 1. The molecule has 0 N–H and O–H groups in total. The van der Waals surface area contributed by atoms with E-state index in [9.17, 15) is 14.5 Å². The van der Waals surface area contributed by atoms with E-state index in [0.717, 1.165) is 0 Å². The van der Waals surface area contributed by atoms with Crippen molar-refractivity contribution >= 4 is 11.6 Å². The maximum absolute atomic E-state index is 12.4. The molecule has 0 unspecified atom stereocenters. The molecular weight excluding hydrogens is 254 g/mol. The number of rotatable bonds is 5. The molecule has 0 saturated carbocycles. The second kappa shape index (κ2) is 5.57. The van der Waals surface area contributed by atoms with E-state index in [4.69, 9.17) is 0 Å². The molecule has 2 aromatic rings. The van der Waals surface area contributed by atoms with E-state index in [0.29, 0.717) is 11.1 Å². The van der Waals surface area contributed by atoms with Crippen molar-refractivity contribution in [2.75, 3.05) is 0 Å². The van der Waals surface area contributed by atoms with Gasteiger partial charge in [-0.05, 0) is 12.1 Å². The summed E-state index contributed by atoms with van der Waals surface area (Å²) >= 11 is 0. The summed E-state index contributed by atoms with van der Waals surface area (Å²) in [6.07, 6.45) is 0. The van der Waals surface area contributed by atoms with E-state index in [2.05, 4.69) is 5.18 Å². The van der Waals surface area contributed by atoms with Gasteiger partial charge in [0.25, 0.3) is 0 Å². The molecule has 100 valence electrons. The van der Waals surface area contributed by atoms with Gasteiger partial charge in [-0.1, -0.05) is 60.7 Å². The van der Waals surface area contributed by atoms with Gasteiger partial charge in [0.2, 0.25) is 17.1 Å². The monoisotopic (exact) mass is 267 g/mol. The van der Waals surface area contributed by atoms with Crippen LogP contribution in [0.25, 0.3) is 0 Å². The van der Waals surface area contributed by atoms with E-state index in [1.807, 2.05) is 0 Å². The van der Waals surface area contributed by atoms with Crippen molar-refractivity contribution < 1.29 is 9.59 Å². The number of nitrogens with zero attached hydrogens (tertiary/aromatic N) is 1. The van der Waals surface area contributed by atoms with Gasteiger partial charge in [-0.25, -0.2) is 0 Å². The quantitative estimate of drug-likeness (QED) is 0.474. The molecule has 0 saturated heterocycles. The third-order valence-corrected chi connectivity index (χ3v) is 3.14. The molecule has 20 heavy (non-hydrogen) atoms. The molecule has 0 aliphatic heterocycles. The maximum Gasteiger partial charge on any atom is 0.224 e. The molecule has 2 rings (SSSR count). The first-order valence-electron chi connectivity index (χ1n) is 6.14. The number of hydrogen-bond acceptors (Lipinski definition) is 4. The van der Waals surface area contributed by atoms with Crippen molar-refractivity contribution in [3.05, 3.63) is 76.7 Å². The van der Waals surface area contributed by atoms with Crippen LogP contribution < -0.4 is 0 Å². The first kappa shape index (κ1) is 13.8. The molecule has 0 fully saturated rings. The zero-order valence-electron chi connectivity index (χ0n) is 10.9. The molecule has 0 atom stereocenters. The van der Waals surface area contributed by atoms with Crippen LogP contribution in [0, 0.1) is 4.91 Å². The van der Waals surface area contributed by atoms with Crippen molar-refractivity contribution in [1.29, 1.82) is 0 Å². The van der Waals surface area contributed by atoms with Crippen LogP contribution in [0.15, 0.2) is 65.8 Å². The lowest BCUT2D eigenvalue weighted by atomic mass is 9.85. The minimum absolute atomic E-state index is 0.291. The fraction of sp³-hybridized carbons (Fsp3) is 0.125. The summed E-state index contributed by atoms with van der Waals surface area (Å²) in [7, 11) is 0. The van der Waals surface area contributed by atoms with Gasteiger partial charge in [-0.3, -0.25) is 9.59 Å². The lowest BCUT2D eigenvalue weighted by Gasteiger charge is -2.18. The van der Waals surface area contributed by atoms with Gasteiger partial charge in [0, 0.05) is 11.1 Å². The van der Waals surface area contributed by atoms with E-state index in [1.165, 1.54) is 6.92 Å². The van der Waals surface area contributed by atoms with Crippen LogP contribution in [0.5, 0.6) is 0 Å². The fourth-order valence-electron chi connectivity index (χ4n) is 1.93. The number of Topliss-reactive ketones (excluding diaryl/α,β-unsaturated/α-hetero) is 2. The first-order valence-corrected chi connectivity index (χ1v) is 6.14. The van der Waals surface area contributed by atoms with Crippen molar-refractivity contribution in [2.45, 2.75) is 12.5 Å². The Morgan fingerprint density at radius 1 is 0.800 bits per heavy atom. The molecule has 0 aliphatic rings. The van der Waals surface area contributed by atoms with Crippen LogP contribution in [-0.4, -0.2) is 17.1 Å². The Hall–Kier alpha value is -2.62. The molecule has 0 heterocycles. The minimum atomic E-state index is -1.94. The topological polar surface area (TPSA) is 63.6 Å². The van der Waals surface area contributed by atoms with Gasteiger partial charge in [-0.2, -0.15) is 0 Å². The highest BCUT2D eigenvalue weighted by molar-refractivity contribution is 6.23. The van der Waals surface area contributed by atoms with Crippen LogP contribution in [-0.2, 0) is 0 Å². The highest BCUT2D eigenvalue weighted by Gasteiger charge is 2.43. The minimum Gasteiger partial charge on any atom is -0.291 e. The van der Waals surface area contributed by atoms with Gasteiger partial charge >= 0.3 is 0 Å². The lowest BCUT2D eigenvalue weighted by Crippen LogP contribution is -2.41. The van der Waals surface area contributed by atoms with Crippen LogP contribution >= 0.6 is 0 Å². The standard InChI is InChI=1S/C16H13NO3/c1-16(17-20,14(18)12-8-4-2-5-9-12)15(19)13-10-6-3-7-11-13/h2-11H,1H3. The summed E-state index contributed by atoms with van der Waals surface area (Å²) in [6, 6.07) is 16.4. The predicted molar refractivity (Wildman–Crippen MR) is 75.7 cm³/mol. The zero-order valence-corrected chi connectivity index (χ0v) is 10.9. The van der Waals surface area contributed by atoms with Crippen molar-refractivity contribution in [3.63, 3.8) is 0 Å². The summed E-state index contributed by atoms with van der Waals surface area (Å²) in [5.74, 6) is -1.19. The van der Waals surface area contributed by atoms with E-state index >= 15 is 0 Å². The van der Waals surface area contributed by atoms with Crippen molar-refractivity contribution in [2.24, 2.45) is 5.18 Å². The van der Waals surface area contributed by atoms with Gasteiger partial charge in [-0.15, -0.1) is 4.91 Å². The van der Waals surface area contributed by atoms with E-state index < -0.39 is 17.1 Å².